The highest BCUT2D eigenvalue weighted by atomic mass is 35.5. The third-order valence-corrected chi connectivity index (χ3v) is 3.98. The number of hydrogen-bond donors (Lipinski definition) is 2. The predicted octanol–water partition coefficient (Wildman–Crippen LogP) is 5.18. The summed E-state index contributed by atoms with van der Waals surface area (Å²) in [4.78, 5) is 0. The van der Waals surface area contributed by atoms with Crippen molar-refractivity contribution in [2.75, 3.05) is 11.9 Å². The fourth-order valence-corrected chi connectivity index (χ4v) is 2.66. The van der Waals surface area contributed by atoms with Crippen LogP contribution in [0, 0.1) is 0 Å². The van der Waals surface area contributed by atoms with Gasteiger partial charge in [-0.2, -0.15) is 0 Å². The molecule has 0 unspecified atom stereocenters. The van der Waals surface area contributed by atoms with E-state index in [9.17, 15) is 0 Å². The number of rotatable bonds is 4. The Kier molecular flexibility index (Phi) is 6.12. The lowest BCUT2D eigenvalue weighted by molar-refractivity contribution is 0.873. The molecule has 2 rings (SSSR count). The maximum atomic E-state index is 6.12. The zero-order valence-corrected chi connectivity index (χ0v) is 14.1. The molecule has 2 aromatic rings. The Hall–Kier alpha value is -1.00. The minimum Gasteiger partial charge on any atom is -0.362 e. The van der Waals surface area contributed by atoms with Gasteiger partial charge < -0.3 is 10.6 Å². The zero-order valence-electron chi connectivity index (χ0n) is 11.0. The fraction of sp³-hybridized carbons (Fsp3) is 0.133. The first kappa shape index (κ1) is 16.4. The molecule has 0 saturated heterocycles. The molecule has 0 aliphatic carbocycles. The van der Waals surface area contributed by atoms with Crippen LogP contribution in [0.25, 0.3) is 0 Å². The van der Waals surface area contributed by atoms with Crippen molar-refractivity contribution in [1.29, 1.82) is 0 Å². The highest BCUT2D eigenvalue weighted by Gasteiger charge is 2.03. The zero-order chi connectivity index (χ0) is 15.2. The van der Waals surface area contributed by atoms with E-state index in [-0.39, 0.29) is 0 Å². The van der Waals surface area contributed by atoms with Crippen molar-refractivity contribution in [2.45, 2.75) is 6.42 Å². The van der Waals surface area contributed by atoms with E-state index in [0.717, 1.165) is 17.7 Å². The van der Waals surface area contributed by atoms with Gasteiger partial charge in [-0.3, -0.25) is 0 Å². The molecule has 0 heterocycles. The summed E-state index contributed by atoms with van der Waals surface area (Å²) in [5.41, 5.74) is 1.80. The van der Waals surface area contributed by atoms with Crippen LogP contribution in [0.2, 0.25) is 15.1 Å². The first-order valence-corrected chi connectivity index (χ1v) is 7.84. The van der Waals surface area contributed by atoms with Gasteiger partial charge in [-0.05, 0) is 48.5 Å². The normalized spacial score (nSPS) is 10.2. The smallest absolute Gasteiger partial charge is 0.170 e. The van der Waals surface area contributed by atoms with Crippen LogP contribution in [-0.2, 0) is 6.42 Å². The Labute approximate surface area is 144 Å². The number of para-hydroxylation sites is 1. The summed E-state index contributed by atoms with van der Waals surface area (Å²) in [6.45, 7) is 0.664. The monoisotopic (exact) mass is 358 g/mol. The summed E-state index contributed by atoms with van der Waals surface area (Å²) in [6, 6.07) is 12.9. The van der Waals surface area contributed by atoms with Crippen molar-refractivity contribution in [2.24, 2.45) is 0 Å². The van der Waals surface area contributed by atoms with E-state index in [4.69, 9.17) is 47.0 Å². The average Bonchev–Trinajstić information content (AvgIpc) is 2.44. The summed E-state index contributed by atoms with van der Waals surface area (Å²) >= 11 is 23.3. The maximum absolute atomic E-state index is 6.12. The average molecular weight is 360 g/mol. The van der Waals surface area contributed by atoms with E-state index < -0.39 is 0 Å². The van der Waals surface area contributed by atoms with Gasteiger partial charge in [0, 0.05) is 16.6 Å². The number of halogens is 3. The van der Waals surface area contributed by atoms with Crippen LogP contribution in [-0.4, -0.2) is 11.7 Å². The molecule has 0 aliphatic heterocycles. The SMILES string of the molecule is S=C(NCCc1ccc(Cl)cc1Cl)Nc1ccccc1Cl. The van der Waals surface area contributed by atoms with Gasteiger partial charge in [0.15, 0.2) is 5.11 Å². The van der Waals surface area contributed by atoms with Crippen molar-refractivity contribution in [3.8, 4) is 0 Å². The molecule has 6 heteroatoms. The standard InChI is InChI=1S/C15H13Cl3N2S/c16-11-6-5-10(13(18)9-11)7-8-19-15(21)20-14-4-2-1-3-12(14)17/h1-6,9H,7-8H2,(H2,19,20,21). The third-order valence-electron chi connectivity index (χ3n) is 2.82. The Morgan fingerprint density at radius 1 is 1.00 bits per heavy atom. The van der Waals surface area contributed by atoms with Crippen molar-refractivity contribution < 1.29 is 0 Å². The summed E-state index contributed by atoms with van der Waals surface area (Å²) in [7, 11) is 0. The quantitative estimate of drug-likeness (QED) is 0.736. The van der Waals surface area contributed by atoms with Crippen LogP contribution in [0.4, 0.5) is 5.69 Å². The fourth-order valence-electron chi connectivity index (χ4n) is 1.76. The molecule has 2 aromatic carbocycles. The van der Waals surface area contributed by atoms with Crippen LogP contribution in [0.15, 0.2) is 42.5 Å². The molecule has 0 fully saturated rings. The minimum atomic E-state index is 0.521. The van der Waals surface area contributed by atoms with Crippen LogP contribution >= 0.6 is 47.0 Å². The van der Waals surface area contributed by atoms with Gasteiger partial charge in [0.25, 0.3) is 0 Å². The van der Waals surface area contributed by atoms with Gasteiger partial charge >= 0.3 is 0 Å². The van der Waals surface area contributed by atoms with Gasteiger partial charge in [0.1, 0.15) is 0 Å². The van der Waals surface area contributed by atoms with E-state index in [1.54, 1.807) is 12.1 Å². The number of benzene rings is 2. The summed E-state index contributed by atoms with van der Waals surface area (Å²) < 4.78 is 0. The minimum absolute atomic E-state index is 0.521. The van der Waals surface area contributed by atoms with E-state index in [2.05, 4.69) is 10.6 Å². The van der Waals surface area contributed by atoms with Gasteiger partial charge in [-0.15, -0.1) is 0 Å². The Morgan fingerprint density at radius 3 is 2.48 bits per heavy atom. The molecule has 0 aromatic heterocycles. The van der Waals surface area contributed by atoms with Gasteiger partial charge in [-0.25, -0.2) is 0 Å². The molecule has 0 bridgehead atoms. The molecule has 0 saturated carbocycles. The van der Waals surface area contributed by atoms with E-state index in [0.29, 0.717) is 26.7 Å². The predicted molar refractivity (Wildman–Crippen MR) is 95.8 cm³/mol. The third kappa shape index (κ3) is 5.04. The second-order valence-corrected chi connectivity index (χ2v) is 6.01. The lowest BCUT2D eigenvalue weighted by Crippen LogP contribution is -2.30. The summed E-state index contributed by atoms with van der Waals surface area (Å²) in [5, 5.41) is 8.62. The summed E-state index contributed by atoms with van der Waals surface area (Å²) in [5.74, 6) is 0. The number of thiocarbonyl (C=S) groups is 1. The molecule has 0 radical (unpaired) electrons. The lowest BCUT2D eigenvalue weighted by Gasteiger charge is -2.12. The molecule has 2 nitrogen and oxygen atoms in total. The molecule has 21 heavy (non-hydrogen) atoms. The maximum Gasteiger partial charge on any atom is 0.170 e. The largest absolute Gasteiger partial charge is 0.362 e. The Morgan fingerprint density at radius 2 is 1.76 bits per heavy atom. The van der Waals surface area contributed by atoms with E-state index in [1.165, 1.54) is 0 Å². The van der Waals surface area contributed by atoms with Crippen molar-refractivity contribution >= 4 is 57.8 Å². The molecule has 0 spiro atoms. The first-order valence-electron chi connectivity index (χ1n) is 6.29. The molecule has 0 amide bonds. The second kappa shape index (κ2) is 7.85. The number of hydrogen-bond acceptors (Lipinski definition) is 1. The van der Waals surface area contributed by atoms with Gasteiger partial charge in [0.05, 0.1) is 10.7 Å². The topological polar surface area (TPSA) is 24.1 Å². The number of anilines is 1. The van der Waals surface area contributed by atoms with Crippen molar-refractivity contribution in [1.82, 2.24) is 5.32 Å². The van der Waals surface area contributed by atoms with E-state index >= 15 is 0 Å². The summed E-state index contributed by atoms with van der Waals surface area (Å²) in [6.07, 6.45) is 0.750. The molecule has 0 atom stereocenters. The Balaban J connectivity index is 1.83. The van der Waals surface area contributed by atoms with Crippen LogP contribution in [0.1, 0.15) is 5.56 Å². The van der Waals surface area contributed by atoms with Crippen LogP contribution in [0.5, 0.6) is 0 Å². The highest BCUT2D eigenvalue weighted by Crippen LogP contribution is 2.21. The van der Waals surface area contributed by atoms with E-state index in [1.807, 2.05) is 30.3 Å². The second-order valence-electron chi connectivity index (χ2n) is 4.35. The highest BCUT2D eigenvalue weighted by molar-refractivity contribution is 7.80. The van der Waals surface area contributed by atoms with Gasteiger partial charge in [0.2, 0.25) is 0 Å². The molecular weight excluding hydrogens is 347 g/mol. The molecule has 0 aliphatic rings. The molecule has 110 valence electrons. The van der Waals surface area contributed by atoms with Crippen LogP contribution < -0.4 is 10.6 Å². The van der Waals surface area contributed by atoms with Crippen LogP contribution in [0.3, 0.4) is 0 Å². The molecule has 2 N–H and O–H groups in total. The molecular formula is C15H13Cl3N2S. The van der Waals surface area contributed by atoms with Gasteiger partial charge in [-0.1, -0.05) is 53.0 Å². The number of nitrogens with one attached hydrogen (secondary N) is 2. The first-order chi connectivity index (χ1) is 10.1. The van der Waals surface area contributed by atoms with Crippen molar-refractivity contribution in [3.05, 3.63) is 63.1 Å². The van der Waals surface area contributed by atoms with Crippen molar-refractivity contribution in [3.63, 3.8) is 0 Å². The Bertz CT molecular complexity index is 647. The lowest BCUT2D eigenvalue weighted by atomic mass is 10.1.